The van der Waals surface area contributed by atoms with Crippen molar-refractivity contribution in [3.8, 4) is 0 Å². The molecule has 2 amide bonds. The molecule has 1 aliphatic heterocycles. The van der Waals surface area contributed by atoms with E-state index < -0.39 is 17.6 Å². The number of anilines is 1. The molecular formula is C17H21ClN2O4. The molecule has 7 heteroatoms. The summed E-state index contributed by atoms with van der Waals surface area (Å²) in [5, 5.41) is 5.45. The molecule has 130 valence electrons. The maximum absolute atomic E-state index is 11.9. The zero-order chi connectivity index (χ0) is 17.0. The number of hydrogen-bond donors (Lipinski definition) is 2. The number of benzene rings is 1. The van der Waals surface area contributed by atoms with Crippen LogP contribution in [-0.2, 0) is 19.1 Å². The van der Waals surface area contributed by atoms with Crippen LogP contribution in [0.25, 0.3) is 0 Å². The third kappa shape index (κ3) is 4.06. The molecule has 2 N–H and O–H groups in total. The highest BCUT2D eigenvalue weighted by molar-refractivity contribution is 6.41. The van der Waals surface area contributed by atoms with Crippen molar-refractivity contribution in [2.45, 2.75) is 44.0 Å². The van der Waals surface area contributed by atoms with Crippen LogP contribution in [0.2, 0.25) is 5.02 Å². The fourth-order valence-electron chi connectivity index (χ4n) is 3.10. The van der Waals surface area contributed by atoms with Crippen molar-refractivity contribution in [3.63, 3.8) is 0 Å². The largest absolute Gasteiger partial charge is 0.347 e. The number of nitrogens with one attached hydrogen (secondary N) is 2. The summed E-state index contributed by atoms with van der Waals surface area (Å²) in [5.41, 5.74) is 0.404. The molecule has 1 atom stereocenters. The molecule has 1 heterocycles. The predicted molar refractivity (Wildman–Crippen MR) is 89.7 cm³/mol. The van der Waals surface area contributed by atoms with Crippen LogP contribution >= 0.6 is 11.6 Å². The number of ether oxygens (including phenoxy) is 2. The number of rotatable bonds is 3. The fraction of sp³-hybridized carbons (Fsp3) is 0.529. The Morgan fingerprint density at radius 1 is 1.17 bits per heavy atom. The summed E-state index contributed by atoms with van der Waals surface area (Å²) < 4.78 is 11.8. The number of hydrogen-bond acceptors (Lipinski definition) is 4. The quantitative estimate of drug-likeness (QED) is 0.819. The maximum atomic E-state index is 11.9. The Balaban J connectivity index is 1.46. The Kier molecular flexibility index (Phi) is 5.38. The van der Waals surface area contributed by atoms with Gasteiger partial charge in [0.1, 0.15) is 6.10 Å². The van der Waals surface area contributed by atoms with Crippen LogP contribution in [0.3, 0.4) is 0 Å². The van der Waals surface area contributed by atoms with E-state index >= 15 is 0 Å². The molecule has 0 radical (unpaired) electrons. The van der Waals surface area contributed by atoms with Gasteiger partial charge in [-0.3, -0.25) is 9.59 Å². The lowest BCUT2D eigenvalue weighted by molar-refractivity contribution is -0.186. The highest BCUT2D eigenvalue weighted by Crippen LogP contribution is 2.37. The van der Waals surface area contributed by atoms with Crippen LogP contribution in [-0.4, -0.2) is 36.9 Å². The monoisotopic (exact) mass is 352 g/mol. The van der Waals surface area contributed by atoms with E-state index in [2.05, 4.69) is 10.6 Å². The second-order valence-corrected chi connectivity index (χ2v) is 6.57. The summed E-state index contributed by atoms with van der Waals surface area (Å²) >= 11 is 5.95. The minimum atomic E-state index is -0.755. The number of amides is 2. The predicted octanol–water partition coefficient (Wildman–Crippen LogP) is 2.47. The van der Waals surface area contributed by atoms with Crippen molar-refractivity contribution >= 4 is 29.1 Å². The lowest BCUT2D eigenvalue weighted by atomic mass is 9.94. The van der Waals surface area contributed by atoms with Gasteiger partial charge in [-0.25, -0.2) is 0 Å². The first kappa shape index (κ1) is 17.2. The van der Waals surface area contributed by atoms with Crippen LogP contribution in [0.5, 0.6) is 0 Å². The van der Waals surface area contributed by atoms with E-state index in [-0.39, 0.29) is 12.6 Å². The van der Waals surface area contributed by atoms with E-state index in [4.69, 9.17) is 21.1 Å². The molecule has 0 unspecified atom stereocenters. The second-order valence-electron chi connectivity index (χ2n) is 6.17. The topological polar surface area (TPSA) is 76.7 Å². The van der Waals surface area contributed by atoms with Gasteiger partial charge in [-0.2, -0.15) is 0 Å². The van der Waals surface area contributed by atoms with Gasteiger partial charge in [0.25, 0.3) is 0 Å². The van der Waals surface area contributed by atoms with Crippen molar-refractivity contribution < 1.29 is 19.1 Å². The Bertz CT molecular complexity index is 616. The Hall–Kier alpha value is -1.63. The van der Waals surface area contributed by atoms with E-state index in [1.165, 1.54) is 6.42 Å². The third-order valence-electron chi connectivity index (χ3n) is 4.35. The molecule has 2 aliphatic rings. The van der Waals surface area contributed by atoms with Gasteiger partial charge in [0.2, 0.25) is 0 Å². The van der Waals surface area contributed by atoms with Crippen LogP contribution in [0, 0.1) is 0 Å². The molecule has 1 saturated heterocycles. The van der Waals surface area contributed by atoms with Crippen LogP contribution in [0.1, 0.15) is 32.1 Å². The molecule has 1 saturated carbocycles. The zero-order valence-corrected chi connectivity index (χ0v) is 14.1. The molecule has 1 aromatic carbocycles. The molecule has 3 rings (SSSR count). The number of halogens is 1. The van der Waals surface area contributed by atoms with Crippen molar-refractivity contribution in [3.05, 3.63) is 29.3 Å². The summed E-state index contributed by atoms with van der Waals surface area (Å²) in [4.78, 5) is 23.8. The van der Waals surface area contributed by atoms with Gasteiger partial charge in [0.15, 0.2) is 5.79 Å². The van der Waals surface area contributed by atoms with Gasteiger partial charge >= 0.3 is 11.8 Å². The summed E-state index contributed by atoms with van der Waals surface area (Å²) in [7, 11) is 0. The molecule has 6 nitrogen and oxygen atoms in total. The van der Waals surface area contributed by atoms with Gasteiger partial charge in [-0.05, 0) is 25.0 Å². The zero-order valence-electron chi connectivity index (χ0n) is 13.3. The lowest BCUT2D eigenvalue weighted by Crippen LogP contribution is -2.41. The van der Waals surface area contributed by atoms with E-state index in [1.807, 2.05) is 0 Å². The van der Waals surface area contributed by atoms with E-state index in [0.29, 0.717) is 17.3 Å². The van der Waals surface area contributed by atoms with Crippen molar-refractivity contribution in [1.29, 1.82) is 0 Å². The van der Waals surface area contributed by atoms with Gasteiger partial charge in [-0.1, -0.05) is 30.2 Å². The van der Waals surface area contributed by atoms with Gasteiger partial charge in [0.05, 0.1) is 17.3 Å². The number of carbonyl (C=O) groups is 2. The van der Waals surface area contributed by atoms with Gasteiger partial charge in [-0.15, -0.1) is 0 Å². The van der Waals surface area contributed by atoms with Crippen LogP contribution in [0.4, 0.5) is 5.69 Å². The number of carbonyl (C=O) groups excluding carboxylic acids is 2. The molecule has 0 bridgehead atoms. The normalized spacial score (nSPS) is 22.3. The highest BCUT2D eigenvalue weighted by atomic mass is 35.5. The summed E-state index contributed by atoms with van der Waals surface area (Å²) in [6, 6.07) is 6.75. The Morgan fingerprint density at radius 3 is 2.67 bits per heavy atom. The maximum Gasteiger partial charge on any atom is 0.313 e. The molecular weight excluding hydrogens is 332 g/mol. The average Bonchev–Trinajstić information content (AvgIpc) is 2.98. The fourth-order valence-corrected chi connectivity index (χ4v) is 3.28. The van der Waals surface area contributed by atoms with Crippen molar-refractivity contribution in [2.75, 3.05) is 18.5 Å². The Morgan fingerprint density at radius 2 is 1.92 bits per heavy atom. The molecule has 2 fully saturated rings. The third-order valence-corrected chi connectivity index (χ3v) is 4.68. The highest BCUT2D eigenvalue weighted by Gasteiger charge is 2.42. The molecule has 1 aliphatic carbocycles. The van der Waals surface area contributed by atoms with Crippen LogP contribution < -0.4 is 10.6 Å². The van der Waals surface area contributed by atoms with E-state index in [0.717, 1.165) is 25.7 Å². The molecule has 1 spiro atoms. The summed E-state index contributed by atoms with van der Waals surface area (Å²) in [5.74, 6) is -1.95. The average molecular weight is 353 g/mol. The first-order valence-electron chi connectivity index (χ1n) is 8.23. The molecule has 24 heavy (non-hydrogen) atoms. The Labute approximate surface area is 145 Å². The smallest absolute Gasteiger partial charge is 0.313 e. The SMILES string of the molecule is O=C(NC[C@@H]1COC2(CCCCC2)O1)C(=O)Nc1ccccc1Cl. The van der Waals surface area contributed by atoms with Gasteiger partial charge < -0.3 is 20.1 Å². The first-order chi connectivity index (χ1) is 11.6. The second kappa shape index (κ2) is 7.51. The van der Waals surface area contributed by atoms with E-state index in [9.17, 15) is 9.59 Å². The summed E-state index contributed by atoms with van der Waals surface area (Å²) in [6.07, 6.45) is 4.96. The summed E-state index contributed by atoms with van der Waals surface area (Å²) in [6.45, 7) is 0.683. The lowest BCUT2D eigenvalue weighted by Gasteiger charge is -2.31. The minimum absolute atomic E-state index is 0.222. The van der Waals surface area contributed by atoms with Crippen molar-refractivity contribution in [2.24, 2.45) is 0 Å². The molecule has 0 aromatic heterocycles. The number of para-hydroxylation sites is 1. The van der Waals surface area contributed by atoms with Gasteiger partial charge in [0, 0.05) is 19.4 Å². The molecule has 1 aromatic rings. The van der Waals surface area contributed by atoms with Crippen molar-refractivity contribution in [1.82, 2.24) is 5.32 Å². The van der Waals surface area contributed by atoms with E-state index in [1.54, 1.807) is 24.3 Å². The standard InChI is InChI=1S/C17H21ClN2O4/c18-13-6-2-3-7-14(13)20-16(22)15(21)19-10-12-11-23-17(24-12)8-4-1-5-9-17/h2-3,6-7,12H,1,4-5,8-11H2,(H,19,21)(H,20,22)/t12-/m1/s1. The minimum Gasteiger partial charge on any atom is -0.347 e. The van der Waals surface area contributed by atoms with Crippen LogP contribution in [0.15, 0.2) is 24.3 Å². The first-order valence-corrected chi connectivity index (χ1v) is 8.61.